The summed E-state index contributed by atoms with van der Waals surface area (Å²) in [6.45, 7) is 4.78. The van der Waals surface area contributed by atoms with Gasteiger partial charge in [-0.25, -0.2) is 0 Å². The Morgan fingerprint density at radius 3 is 2.44 bits per heavy atom. The van der Waals surface area contributed by atoms with E-state index in [2.05, 4.69) is 26.4 Å². The Bertz CT molecular complexity index is 592. The molecule has 27 heavy (non-hydrogen) atoms. The number of amides is 2. The predicted molar refractivity (Wildman–Crippen MR) is 103 cm³/mol. The highest BCUT2D eigenvalue weighted by Gasteiger charge is 2.39. The molecule has 0 radical (unpaired) electrons. The number of rotatable bonds is 9. The van der Waals surface area contributed by atoms with Gasteiger partial charge in [0.1, 0.15) is 0 Å². The minimum absolute atomic E-state index is 0.182. The van der Waals surface area contributed by atoms with Crippen LogP contribution in [-0.4, -0.2) is 66.5 Å². The predicted octanol–water partition coefficient (Wildman–Crippen LogP) is 1.79. The Labute approximate surface area is 161 Å². The molecule has 1 saturated heterocycles. The maximum Gasteiger partial charge on any atom is 0.223 e. The summed E-state index contributed by atoms with van der Waals surface area (Å²) in [6, 6.07) is 0. The minimum atomic E-state index is -0.374. The third kappa shape index (κ3) is 5.77. The lowest BCUT2D eigenvalue weighted by Gasteiger charge is -2.35. The highest BCUT2D eigenvalue weighted by atomic mass is 16.2. The summed E-state index contributed by atoms with van der Waals surface area (Å²) < 4.78 is 0. The van der Waals surface area contributed by atoms with Crippen molar-refractivity contribution in [1.82, 2.24) is 15.1 Å². The van der Waals surface area contributed by atoms with Crippen molar-refractivity contribution in [3.05, 3.63) is 0 Å². The van der Waals surface area contributed by atoms with E-state index >= 15 is 0 Å². The summed E-state index contributed by atoms with van der Waals surface area (Å²) in [6.07, 6.45) is 12.3. The average Bonchev–Trinajstić information content (AvgIpc) is 3.24. The van der Waals surface area contributed by atoms with E-state index in [1.807, 2.05) is 4.90 Å². The molecule has 7 nitrogen and oxygen atoms in total. The van der Waals surface area contributed by atoms with Crippen LogP contribution < -0.4 is 5.32 Å². The molecule has 1 N–H and O–H groups in total. The monoisotopic (exact) mass is 373 g/mol. The van der Waals surface area contributed by atoms with Gasteiger partial charge in [0, 0.05) is 70.9 Å². The first kappa shape index (κ1) is 19.8. The van der Waals surface area contributed by atoms with Crippen molar-refractivity contribution >= 4 is 11.8 Å². The zero-order chi connectivity index (χ0) is 19.1. The fourth-order valence-electron chi connectivity index (χ4n) is 4.02. The third-order valence-corrected chi connectivity index (χ3v) is 5.97. The number of nitrogens with zero attached hydrogens (tertiary/aromatic N) is 4. The standard InChI is InChI=1S/C20H31N5O2/c1-2-3-9-20(22-23-20)10-8-18(26)25-15-13-24(14-16-25)12-11-21-19(27)17-6-4-5-7-17/h1,17H,3-16H2,(H,21,27). The van der Waals surface area contributed by atoms with Crippen LogP contribution in [0.5, 0.6) is 0 Å². The molecular weight excluding hydrogens is 342 g/mol. The highest BCUT2D eigenvalue weighted by Crippen LogP contribution is 2.37. The topological polar surface area (TPSA) is 77.4 Å². The van der Waals surface area contributed by atoms with Gasteiger partial charge in [0.15, 0.2) is 5.66 Å². The molecule has 2 amide bonds. The normalized spacial score (nSPS) is 21.8. The van der Waals surface area contributed by atoms with Crippen LogP contribution in [-0.2, 0) is 9.59 Å². The number of carbonyl (C=O) groups is 2. The van der Waals surface area contributed by atoms with E-state index in [4.69, 9.17) is 6.42 Å². The number of piperazine rings is 1. The molecule has 0 bridgehead atoms. The Kier molecular flexibility index (Phi) is 6.84. The van der Waals surface area contributed by atoms with Crippen molar-refractivity contribution in [2.45, 2.75) is 57.0 Å². The van der Waals surface area contributed by atoms with Crippen LogP contribution in [0.25, 0.3) is 0 Å². The van der Waals surface area contributed by atoms with Crippen LogP contribution in [0.2, 0.25) is 0 Å². The van der Waals surface area contributed by atoms with E-state index in [1.165, 1.54) is 12.8 Å². The molecule has 148 valence electrons. The lowest BCUT2D eigenvalue weighted by molar-refractivity contribution is -0.133. The van der Waals surface area contributed by atoms with Gasteiger partial charge in [0.05, 0.1) is 0 Å². The molecule has 0 unspecified atom stereocenters. The molecule has 0 aromatic heterocycles. The molecule has 0 aromatic rings. The first-order chi connectivity index (χ1) is 13.1. The van der Waals surface area contributed by atoms with Gasteiger partial charge >= 0.3 is 0 Å². The van der Waals surface area contributed by atoms with Crippen molar-refractivity contribution in [2.24, 2.45) is 16.1 Å². The average molecular weight is 374 g/mol. The Morgan fingerprint density at radius 2 is 1.81 bits per heavy atom. The summed E-state index contributed by atoms with van der Waals surface area (Å²) in [5.74, 6) is 3.24. The SMILES string of the molecule is C#CCCC1(CCC(=O)N2CCN(CCNC(=O)C3CCCC3)CC2)N=N1. The van der Waals surface area contributed by atoms with Crippen molar-refractivity contribution < 1.29 is 9.59 Å². The molecule has 2 aliphatic heterocycles. The molecule has 3 rings (SSSR count). The summed E-state index contributed by atoms with van der Waals surface area (Å²) in [4.78, 5) is 28.7. The second-order valence-electron chi connectivity index (χ2n) is 7.88. The highest BCUT2D eigenvalue weighted by molar-refractivity contribution is 5.78. The molecule has 2 fully saturated rings. The van der Waals surface area contributed by atoms with Gasteiger partial charge < -0.3 is 10.2 Å². The van der Waals surface area contributed by atoms with Gasteiger partial charge in [0.2, 0.25) is 11.8 Å². The summed E-state index contributed by atoms with van der Waals surface area (Å²) in [7, 11) is 0. The van der Waals surface area contributed by atoms with E-state index < -0.39 is 0 Å². The first-order valence-corrected chi connectivity index (χ1v) is 10.3. The van der Waals surface area contributed by atoms with Crippen LogP contribution in [0.4, 0.5) is 0 Å². The van der Waals surface area contributed by atoms with E-state index in [0.29, 0.717) is 25.8 Å². The second kappa shape index (κ2) is 9.32. The van der Waals surface area contributed by atoms with Crippen LogP contribution in [0.1, 0.15) is 51.4 Å². The van der Waals surface area contributed by atoms with Crippen molar-refractivity contribution in [3.8, 4) is 12.3 Å². The molecule has 3 aliphatic rings. The van der Waals surface area contributed by atoms with E-state index in [9.17, 15) is 9.59 Å². The number of carbonyl (C=O) groups excluding carboxylic acids is 2. The maximum absolute atomic E-state index is 12.4. The Morgan fingerprint density at radius 1 is 1.11 bits per heavy atom. The van der Waals surface area contributed by atoms with Gasteiger partial charge in [0.25, 0.3) is 0 Å². The molecule has 0 spiro atoms. The quantitative estimate of drug-likeness (QED) is 0.626. The summed E-state index contributed by atoms with van der Waals surface area (Å²) in [5.41, 5.74) is -0.374. The molecule has 2 heterocycles. The smallest absolute Gasteiger partial charge is 0.223 e. The summed E-state index contributed by atoms with van der Waals surface area (Å²) >= 11 is 0. The summed E-state index contributed by atoms with van der Waals surface area (Å²) in [5, 5.41) is 11.3. The number of hydrogen-bond acceptors (Lipinski definition) is 5. The molecule has 0 aromatic carbocycles. The van der Waals surface area contributed by atoms with Crippen LogP contribution >= 0.6 is 0 Å². The lowest BCUT2D eigenvalue weighted by Crippen LogP contribution is -2.50. The van der Waals surface area contributed by atoms with Crippen molar-refractivity contribution in [3.63, 3.8) is 0 Å². The molecule has 1 saturated carbocycles. The number of terminal acetylenes is 1. The van der Waals surface area contributed by atoms with Gasteiger partial charge in [-0.15, -0.1) is 12.3 Å². The van der Waals surface area contributed by atoms with Crippen LogP contribution in [0.15, 0.2) is 10.2 Å². The Hall–Kier alpha value is -1.94. The van der Waals surface area contributed by atoms with Crippen LogP contribution in [0.3, 0.4) is 0 Å². The third-order valence-electron chi connectivity index (χ3n) is 5.97. The fraction of sp³-hybridized carbons (Fsp3) is 0.800. The largest absolute Gasteiger partial charge is 0.355 e. The van der Waals surface area contributed by atoms with Gasteiger partial charge in [-0.1, -0.05) is 12.8 Å². The molecule has 0 atom stereocenters. The second-order valence-corrected chi connectivity index (χ2v) is 7.88. The van der Waals surface area contributed by atoms with Crippen molar-refractivity contribution in [1.29, 1.82) is 0 Å². The minimum Gasteiger partial charge on any atom is -0.355 e. The van der Waals surface area contributed by atoms with Gasteiger partial charge in [-0.2, -0.15) is 10.2 Å². The van der Waals surface area contributed by atoms with Gasteiger partial charge in [-0.3, -0.25) is 14.5 Å². The number of nitrogens with one attached hydrogen (secondary N) is 1. The molecule has 1 aliphatic carbocycles. The lowest BCUT2D eigenvalue weighted by atomic mass is 10.0. The van der Waals surface area contributed by atoms with Crippen LogP contribution in [0, 0.1) is 18.3 Å². The van der Waals surface area contributed by atoms with E-state index in [-0.39, 0.29) is 23.4 Å². The fourth-order valence-corrected chi connectivity index (χ4v) is 4.02. The number of hydrogen-bond donors (Lipinski definition) is 1. The molecule has 7 heteroatoms. The van der Waals surface area contributed by atoms with Gasteiger partial charge in [-0.05, 0) is 12.8 Å². The van der Waals surface area contributed by atoms with E-state index in [1.54, 1.807) is 0 Å². The Balaban J connectivity index is 1.27. The maximum atomic E-state index is 12.4. The van der Waals surface area contributed by atoms with E-state index in [0.717, 1.165) is 52.0 Å². The zero-order valence-corrected chi connectivity index (χ0v) is 16.2. The van der Waals surface area contributed by atoms with Crippen molar-refractivity contribution in [2.75, 3.05) is 39.3 Å². The first-order valence-electron chi connectivity index (χ1n) is 10.3. The zero-order valence-electron chi connectivity index (χ0n) is 16.2. The molecular formula is C20H31N5O2.